The average Bonchev–Trinajstić information content (AvgIpc) is 0.765. The first kappa shape index (κ1) is 89.2. The summed E-state index contributed by atoms with van der Waals surface area (Å²) in [6.45, 7) is 27.7. The van der Waals surface area contributed by atoms with Gasteiger partial charge in [0.25, 0.3) is 0 Å². The molecule has 0 bridgehead atoms. The van der Waals surface area contributed by atoms with E-state index in [2.05, 4.69) is 221 Å². The molecule has 6 rings (SSSR count). The second-order valence-electron chi connectivity index (χ2n) is 32.1. The van der Waals surface area contributed by atoms with Gasteiger partial charge in [0.2, 0.25) is 0 Å². The Hall–Kier alpha value is -5.74. The normalized spacial score (nSPS) is 11.4. The number of hydrogen-bond donors (Lipinski definition) is 0. The van der Waals surface area contributed by atoms with E-state index in [1.165, 1.54) is 387 Å². The maximum Gasteiger partial charge on any atom is 0.0674 e. The number of rotatable bonds is 67. The molecule has 6 aromatic rings. The van der Waals surface area contributed by atoms with Crippen molar-refractivity contribution in [3.05, 3.63) is 191 Å². The highest BCUT2D eigenvalue weighted by Crippen LogP contribution is 2.44. The van der Waals surface area contributed by atoms with Gasteiger partial charge in [0.1, 0.15) is 0 Å². The number of hydrogen-bond acceptors (Lipinski definition) is 4. The summed E-state index contributed by atoms with van der Waals surface area (Å²) < 4.78 is 0. The maximum atomic E-state index is 2.74. The summed E-state index contributed by atoms with van der Waals surface area (Å²) in [6, 6.07) is 58.8. The molecule has 0 saturated heterocycles. The van der Waals surface area contributed by atoms with E-state index in [1.54, 1.807) is 0 Å². The van der Waals surface area contributed by atoms with Crippen molar-refractivity contribution >= 4 is 22.7 Å². The van der Waals surface area contributed by atoms with Crippen LogP contribution in [0.1, 0.15) is 397 Å². The summed E-state index contributed by atoms with van der Waals surface area (Å²) >= 11 is 0. The smallest absolute Gasteiger partial charge is 0.0674 e. The monoisotopic (exact) mass is 1440 g/mol. The molecule has 0 aliphatic carbocycles. The molecule has 0 saturated carbocycles. The molecule has 4 heteroatoms. The standard InChI is InChI=1S/C102H160N4/c1-9-17-25-33-41-53-81-103(82-54-42-34-26-18-10-2)93-73-65-89(66-74-93)101(90-67-75-94(76-68-90)104(83-55-43-35-27-19-11-3)84-56-44-36-28-20-12-4)99-63-51-49-61-97(99)98-62-50-52-64-100(98)102(91-69-77-95(78-70-91)105(85-57-45-37-29-21-13-5)86-58-46-38-30-22-14-6)92-71-79-96(80-72-92)106(87-59-47-39-31-23-15-7)88-60-48-40-32-24-16-8/h49-52,61-80H,9-48,53-60,81-88H2,1-8H3/q+2. The van der Waals surface area contributed by atoms with Crippen LogP contribution in [0.4, 0.5) is 22.7 Å². The van der Waals surface area contributed by atoms with Crippen LogP contribution >= 0.6 is 0 Å². The van der Waals surface area contributed by atoms with Gasteiger partial charge in [-0.05, 0) is 197 Å². The van der Waals surface area contributed by atoms with Crippen molar-refractivity contribution in [1.82, 2.24) is 0 Å². The van der Waals surface area contributed by atoms with Crippen molar-refractivity contribution in [2.24, 2.45) is 0 Å². The van der Waals surface area contributed by atoms with Gasteiger partial charge in [-0.3, -0.25) is 0 Å². The predicted octanol–water partition coefficient (Wildman–Crippen LogP) is 31.5. The average molecular weight is 1440 g/mol. The van der Waals surface area contributed by atoms with Gasteiger partial charge in [-0.1, -0.05) is 312 Å². The van der Waals surface area contributed by atoms with E-state index in [-0.39, 0.29) is 0 Å². The van der Waals surface area contributed by atoms with Crippen LogP contribution in [0.3, 0.4) is 0 Å². The lowest BCUT2D eigenvalue weighted by atomic mass is 9.77. The third-order valence-corrected chi connectivity index (χ3v) is 23.0. The van der Waals surface area contributed by atoms with Crippen LogP contribution in [0.15, 0.2) is 146 Å². The second-order valence-corrected chi connectivity index (χ2v) is 32.1. The van der Waals surface area contributed by atoms with Crippen LogP contribution in [0, 0.1) is 11.8 Å². The molecular formula is C102H160N4+2. The minimum absolute atomic E-state index is 1.13. The van der Waals surface area contributed by atoms with Gasteiger partial charge in [-0.15, -0.1) is 0 Å². The Labute approximate surface area is 656 Å². The van der Waals surface area contributed by atoms with Crippen LogP contribution in [0.25, 0.3) is 11.1 Å². The minimum Gasteiger partial charge on any atom is -0.371 e. The zero-order chi connectivity index (χ0) is 75.0. The molecule has 0 radical (unpaired) electrons. The van der Waals surface area contributed by atoms with Crippen molar-refractivity contribution in [1.29, 1.82) is 0 Å². The summed E-state index contributed by atoms with van der Waals surface area (Å²) in [5, 5.41) is 0. The summed E-state index contributed by atoms with van der Waals surface area (Å²) in [7, 11) is 0. The lowest BCUT2D eigenvalue weighted by Crippen LogP contribution is -2.26. The zero-order valence-electron chi connectivity index (χ0n) is 70.2. The van der Waals surface area contributed by atoms with Gasteiger partial charge in [-0.2, -0.15) is 0 Å². The topological polar surface area (TPSA) is 13.0 Å². The molecule has 0 aliphatic rings. The molecule has 4 nitrogen and oxygen atoms in total. The molecular weight excluding hydrogens is 1280 g/mol. The van der Waals surface area contributed by atoms with Gasteiger partial charge in [0.05, 0.1) is 56.3 Å². The Morgan fingerprint density at radius 1 is 0.170 bits per heavy atom. The second kappa shape index (κ2) is 58.3. The fourth-order valence-electron chi connectivity index (χ4n) is 16.3. The first-order valence-corrected chi connectivity index (χ1v) is 45.8. The largest absolute Gasteiger partial charge is 0.371 e. The highest BCUT2D eigenvalue weighted by atomic mass is 15.1. The Balaban J connectivity index is 1.49. The third-order valence-electron chi connectivity index (χ3n) is 23.0. The predicted molar refractivity (Wildman–Crippen MR) is 475 cm³/mol. The summed E-state index contributed by atoms with van der Waals surface area (Å²) in [4.78, 5) is 11.0. The number of benzene rings is 6. The molecule has 0 N–H and O–H groups in total. The van der Waals surface area contributed by atoms with Crippen LogP contribution in [0.2, 0.25) is 0 Å². The van der Waals surface area contributed by atoms with E-state index in [9.17, 15) is 0 Å². The molecule has 0 aromatic heterocycles. The molecule has 106 heavy (non-hydrogen) atoms. The Morgan fingerprint density at radius 2 is 0.321 bits per heavy atom. The summed E-state index contributed by atoms with van der Waals surface area (Å²) in [5.41, 5.74) is 15.7. The quantitative estimate of drug-likeness (QED) is 0.0214. The van der Waals surface area contributed by atoms with Crippen molar-refractivity contribution in [2.45, 2.75) is 364 Å². The lowest BCUT2D eigenvalue weighted by molar-refractivity contribution is 0.575. The van der Waals surface area contributed by atoms with E-state index in [4.69, 9.17) is 0 Å². The van der Waals surface area contributed by atoms with E-state index in [1.807, 2.05) is 0 Å². The molecule has 0 unspecified atom stereocenters. The molecule has 0 atom stereocenters. The fourth-order valence-corrected chi connectivity index (χ4v) is 16.3. The zero-order valence-corrected chi connectivity index (χ0v) is 70.2. The SMILES string of the molecule is CCCCCCCCN(CCCCCCCC)c1ccc([C+](c2ccc(N(CCCCCCCC)CCCCCCCC)cc2)c2ccccc2-c2ccccc2[C+](c2ccc(N(CCCCCCCC)CCCCCCCC)cc2)c2ccc(N(CCCCCCCC)CCCCCCCC)cc2)cc1. The van der Waals surface area contributed by atoms with Crippen LogP contribution in [0.5, 0.6) is 0 Å². The van der Waals surface area contributed by atoms with Gasteiger partial charge in [0.15, 0.2) is 0 Å². The summed E-state index contributed by atoms with van der Waals surface area (Å²) in [5.74, 6) is 2.62. The Bertz CT molecular complexity index is 2570. The fraction of sp³-hybridized carbons (Fsp3) is 0.627. The molecule has 0 amide bonds. The van der Waals surface area contributed by atoms with Crippen molar-refractivity contribution in [2.75, 3.05) is 72.0 Å². The molecule has 0 heterocycles. The van der Waals surface area contributed by atoms with Gasteiger partial charge < -0.3 is 19.6 Å². The maximum absolute atomic E-state index is 2.74. The van der Waals surface area contributed by atoms with Crippen LogP contribution in [-0.2, 0) is 0 Å². The molecule has 0 aliphatic heterocycles. The Kier molecular flexibility index (Phi) is 49.0. The third kappa shape index (κ3) is 34.4. The molecule has 6 aromatic carbocycles. The van der Waals surface area contributed by atoms with E-state index >= 15 is 0 Å². The molecule has 0 spiro atoms. The molecule has 0 fully saturated rings. The first-order chi connectivity index (χ1) is 52.4. The van der Waals surface area contributed by atoms with Crippen molar-refractivity contribution < 1.29 is 0 Å². The van der Waals surface area contributed by atoms with Crippen LogP contribution in [-0.4, -0.2) is 52.4 Å². The summed E-state index contributed by atoms with van der Waals surface area (Å²) in [6.07, 6.45) is 63.5. The number of nitrogens with zero attached hydrogens (tertiary/aromatic N) is 4. The van der Waals surface area contributed by atoms with Gasteiger partial charge >= 0.3 is 0 Å². The minimum atomic E-state index is 1.13. The van der Waals surface area contributed by atoms with E-state index < -0.39 is 0 Å². The lowest BCUT2D eigenvalue weighted by Gasteiger charge is -2.26. The Morgan fingerprint density at radius 3 is 0.491 bits per heavy atom. The van der Waals surface area contributed by atoms with Crippen molar-refractivity contribution in [3.8, 4) is 11.1 Å². The van der Waals surface area contributed by atoms with E-state index in [0.717, 1.165) is 52.4 Å². The first-order valence-electron chi connectivity index (χ1n) is 45.8. The van der Waals surface area contributed by atoms with Crippen molar-refractivity contribution in [3.63, 3.8) is 0 Å². The van der Waals surface area contributed by atoms with E-state index in [0.29, 0.717) is 0 Å². The van der Waals surface area contributed by atoms with Crippen LogP contribution < -0.4 is 19.6 Å². The highest BCUT2D eigenvalue weighted by Gasteiger charge is 2.33. The highest BCUT2D eigenvalue weighted by molar-refractivity contribution is 5.81. The number of unbranched alkanes of at least 4 members (excludes halogenated alkanes) is 40. The van der Waals surface area contributed by atoms with Gasteiger partial charge in [0, 0.05) is 75.1 Å². The number of anilines is 4. The molecule has 586 valence electrons. The van der Waals surface area contributed by atoms with Gasteiger partial charge in [-0.25, -0.2) is 0 Å².